The number of rotatable bonds is 7. The van der Waals surface area contributed by atoms with Crippen LogP contribution < -0.4 is 10.6 Å². The van der Waals surface area contributed by atoms with Crippen molar-refractivity contribution in [3.63, 3.8) is 0 Å². The van der Waals surface area contributed by atoms with Gasteiger partial charge in [0.15, 0.2) is 0 Å². The summed E-state index contributed by atoms with van der Waals surface area (Å²) in [5, 5.41) is 7.15. The Labute approximate surface area is 146 Å². The van der Waals surface area contributed by atoms with Crippen LogP contribution in [0.15, 0.2) is 60.8 Å². The van der Waals surface area contributed by atoms with Gasteiger partial charge in [-0.05, 0) is 42.8 Å². The summed E-state index contributed by atoms with van der Waals surface area (Å²) >= 11 is 0. The van der Waals surface area contributed by atoms with Crippen LogP contribution in [0.3, 0.4) is 0 Å². The average molecular weight is 337 g/mol. The Hall–Kier alpha value is -2.79. The van der Waals surface area contributed by atoms with Gasteiger partial charge in [0.2, 0.25) is 5.91 Å². The number of carbonyl (C=O) groups is 1. The first-order valence-corrected chi connectivity index (χ1v) is 8.31. The maximum atomic E-state index is 12.8. The zero-order chi connectivity index (χ0) is 17.5. The molecule has 0 spiro atoms. The van der Waals surface area contributed by atoms with Gasteiger partial charge in [-0.15, -0.1) is 0 Å². The molecule has 0 atom stereocenters. The van der Waals surface area contributed by atoms with E-state index < -0.39 is 0 Å². The van der Waals surface area contributed by atoms with Crippen molar-refractivity contribution < 1.29 is 9.18 Å². The molecule has 2 aromatic carbocycles. The van der Waals surface area contributed by atoms with E-state index in [1.807, 2.05) is 30.3 Å². The van der Waals surface area contributed by atoms with Crippen LogP contribution in [0.2, 0.25) is 0 Å². The van der Waals surface area contributed by atoms with Crippen LogP contribution in [0.25, 0.3) is 10.9 Å². The van der Waals surface area contributed by atoms with Crippen LogP contribution in [0.5, 0.6) is 0 Å². The molecule has 128 valence electrons. The predicted molar refractivity (Wildman–Crippen MR) is 98.0 cm³/mol. The topological polar surface area (TPSA) is 54.0 Å². The maximum Gasteiger partial charge on any atom is 0.225 e. The Bertz CT molecular complexity index is 844. The summed E-state index contributed by atoms with van der Waals surface area (Å²) in [5.74, 6) is -0.274. The van der Waals surface area contributed by atoms with Crippen molar-refractivity contribution in [2.75, 3.05) is 18.4 Å². The standard InChI is InChI=1S/C20H20FN3O/c21-17-8-6-15(7-9-17)10-13-22-14-11-19(25)24-18-5-1-3-16-4-2-12-23-20(16)18/h1-9,12,22H,10-11,13-14H2,(H,24,25). The average Bonchev–Trinajstić information content (AvgIpc) is 2.63. The molecule has 0 bridgehead atoms. The lowest BCUT2D eigenvalue weighted by Crippen LogP contribution is -2.23. The molecule has 1 amide bonds. The van der Waals surface area contributed by atoms with Crippen LogP contribution in [0.1, 0.15) is 12.0 Å². The normalized spacial score (nSPS) is 10.8. The van der Waals surface area contributed by atoms with Crippen molar-refractivity contribution in [3.05, 3.63) is 72.2 Å². The summed E-state index contributed by atoms with van der Waals surface area (Å²) in [6.07, 6.45) is 2.90. The quantitative estimate of drug-likeness (QED) is 0.649. The number of nitrogens with one attached hydrogen (secondary N) is 2. The molecule has 5 heteroatoms. The molecule has 0 fully saturated rings. The van der Waals surface area contributed by atoms with Crippen molar-refractivity contribution in [1.29, 1.82) is 0 Å². The number of carbonyl (C=O) groups excluding carboxylic acids is 1. The number of pyridine rings is 1. The van der Waals surface area contributed by atoms with Crippen molar-refractivity contribution >= 4 is 22.5 Å². The van der Waals surface area contributed by atoms with Gasteiger partial charge in [-0.2, -0.15) is 0 Å². The number of aromatic nitrogens is 1. The molecular weight excluding hydrogens is 317 g/mol. The number of amides is 1. The third-order valence-electron chi connectivity index (χ3n) is 3.94. The molecule has 0 aliphatic heterocycles. The largest absolute Gasteiger partial charge is 0.324 e. The number of hydrogen-bond donors (Lipinski definition) is 2. The highest BCUT2D eigenvalue weighted by atomic mass is 19.1. The van der Waals surface area contributed by atoms with Crippen LogP contribution >= 0.6 is 0 Å². The minimum absolute atomic E-state index is 0.0487. The van der Waals surface area contributed by atoms with E-state index in [2.05, 4.69) is 15.6 Å². The second-order valence-electron chi connectivity index (χ2n) is 5.81. The first kappa shape index (κ1) is 17.0. The third-order valence-corrected chi connectivity index (χ3v) is 3.94. The number of halogens is 1. The number of anilines is 1. The van der Waals surface area contributed by atoms with Gasteiger partial charge in [-0.25, -0.2) is 4.39 Å². The maximum absolute atomic E-state index is 12.8. The van der Waals surface area contributed by atoms with E-state index in [0.717, 1.165) is 35.1 Å². The van der Waals surface area contributed by atoms with Gasteiger partial charge in [0.1, 0.15) is 5.82 Å². The van der Waals surface area contributed by atoms with E-state index >= 15 is 0 Å². The molecule has 0 saturated carbocycles. The Morgan fingerprint density at radius 1 is 1.00 bits per heavy atom. The molecule has 1 heterocycles. The van der Waals surface area contributed by atoms with Gasteiger partial charge in [0, 0.05) is 24.5 Å². The van der Waals surface area contributed by atoms with Crippen molar-refractivity contribution in [2.24, 2.45) is 0 Å². The van der Waals surface area contributed by atoms with Crippen LogP contribution in [-0.4, -0.2) is 24.0 Å². The molecule has 0 unspecified atom stereocenters. The summed E-state index contributed by atoms with van der Waals surface area (Å²) < 4.78 is 12.8. The Morgan fingerprint density at radius 2 is 1.80 bits per heavy atom. The molecule has 1 aromatic heterocycles. The summed E-state index contributed by atoms with van der Waals surface area (Å²) in [7, 11) is 0. The van der Waals surface area contributed by atoms with E-state index in [-0.39, 0.29) is 11.7 Å². The second-order valence-corrected chi connectivity index (χ2v) is 5.81. The second kappa shape index (κ2) is 8.35. The molecule has 4 nitrogen and oxygen atoms in total. The third kappa shape index (κ3) is 4.84. The molecule has 0 aliphatic carbocycles. The fourth-order valence-corrected chi connectivity index (χ4v) is 2.63. The summed E-state index contributed by atoms with van der Waals surface area (Å²) in [6, 6.07) is 16.0. The van der Waals surface area contributed by atoms with E-state index in [4.69, 9.17) is 0 Å². The van der Waals surface area contributed by atoms with Crippen LogP contribution in [-0.2, 0) is 11.2 Å². The minimum Gasteiger partial charge on any atom is -0.324 e. The van der Waals surface area contributed by atoms with Crippen molar-refractivity contribution in [1.82, 2.24) is 10.3 Å². The summed E-state index contributed by atoms with van der Waals surface area (Å²) in [4.78, 5) is 16.4. The molecule has 0 saturated heterocycles. The van der Waals surface area contributed by atoms with Crippen molar-refractivity contribution in [2.45, 2.75) is 12.8 Å². The van der Waals surface area contributed by atoms with E-state index in [1.165, 1.54) is 12.1 Å². The van der Waals surface area contributed by atoms with Crippen LogP contribution in [0, 0.1) is 5.82 Å². The highest BCUT2D eigenvalue weighted by Gasteiger charge is 2.06. The molecule has 2 N–H and O–H groups in total. The SMILES string of the molecule is O=C(CCNCCc1ccc(F)cc1)Nc1cccc2cccnc12. The summed E-state index contributed by atoms with van der Waals surface area (Å²) in [5.41, 5.74) is 2.59. The monoisotopic (exact) mass is 337 g/mol. The Kier molecular flexibility index (Phi) is 5.69. The fourth-order valence-electron chi connectivity index (χ4n) is 2.63. The van der Waals surface area contributed by atoms with E-state index in [9.17, 15) is 9.18 Å². The molecule has 25 heavy (non-hydrogen) atoms. The predicted octanol–water partition coefficient (Wildman–Crippen LogP) is 3.53. The van der Waals surface area contributed by atoms with Gasteiger partial charge in [0.05, 0.1) is 11.2 Å². The Morgan fingerprint density at radius 3 is 2.64 bits per heavy atom. The van der Waals surface area contributed by atoms with Gasteiger partial charge in [0.25, 0.3) is 0 Å². The summed E-state index contributed by atoms with van der Waals surface area (Å²) in [6.45, 7) is 1.33. The van der Waals surface area contributed by atoms with Gasteiger partial charge < -0.3 is 10.6 Å². The fraction of sp³-hybridized carbons (Fsp3) is 0.200. The zero-order valence-electron chi connectivity index (χ0n) is 13.8. The smallest absolute Gasteiger partial charge is 0.225 e. The Balaban J connectivity index is 1.43. The lowest BCUT2D eigenvalue weighted by molar-refractivity contribution is -0.116. The molecule has 0 radical (unpaired) electrons. The first-order valence-electron chi connectivity index (χ1n) is 8.31. The zero-order valence-corrected chi connectivity index (χ0v) is 13.8. The number of hydrogen-bond acceptors (Lipinski definition) is 3. The van der Waals surface area contributed by atoms with E-state index in [1.54, 1.807) is 18.3 Å². The van der Waals surface area contributed by atoms with Gasteiger partial charge >= 0.3 is 0 Å². The highest BCUT2D eigenvalue weighted by Crippen LogP contribution is 2.20. The molecule has 3 aromatic rings. The number of nitrogens with zero attached hydrogens (tertiary/aromatic N) is 1. The number of fused-ring (bicyclic) bond motifs is 1. The molecule has 3 rings (SSSR count). The minimum atomic E-state index is -0.226. The van der Waals surface area contributed by atoms with E-state index in [0.29, 0.717) is 13.0 Å². The lowest BCUT2D eigenvalue weighted by atomic mass is 10.1. The molecule has 0 aliphatic rings. The van der Waals surface area contributed by atoms with Crippen molar-refractivity contribution in [3.8, 4) is 0 Å². The highest BCUT2D eigenvalue weighted by molar-refractivity contribution is 6.00. The van der Waals surface area contributed by atoms with Gasteiger partial charge in [-0.3, -0.25) is 9.78 Å². The first-order chi connectivity index (χ1) is 12.2. The molecular formula is C20H20FN3O. The van der Waals surface area contributed by atoms with Gasteiger partial charge in [-0.1, -0.05) is 30.3 Å². The number of para-hydroxylation sites is 1. The lowest BCUT2D eigenvalue weighted by Gasteiger charge is -2.08. The number of benzene rings is 2. The van der Waals surface area contributed by atoms with Crippen LogP contribution in [0.4, 0.5) is 10.1 Å².